The third-order valence-corrected chi connectivity index (χ3v) is 4.14. The van der Waals surface area contributed by atoms with Crippen molar-refractivity contribution in [2.75, 3.05) is 13.1 Å². The Labute approximate surface area is 149 Å². The molecule has 4 nitrogen and oxygen atoms in total. The van der Waals surface area contributed by atoms with Crippen LogP contribution in [0.5, 0.6) is 0 Å². The maximum atomic E-state index is 12.5. The number of hydrogen-bond acceptors (Lipinski definition) is 2. The van der Waals surface area contributed by atoms with Gasteiger partial charge in [-0.05, 0) is 38.0 Å². The van der Waals surface area contributed by atoms with Crippen molar-refractivity contribution in [2.45, 2.75) is 32.7 Å². The van der Waals surface area contributed by atoms with Crippen molar-refractivity contribution in [3.05, 3.63) is 71.8 Å². The normalized spacial score (nSPS) is 11.6. The van der Waals surface area contributed by atoms with E-state index in [1.165, 1.54) is 5.56 Å². The average Bonchev–Trinajstić information content (AvgIpc) is 2.63. The van der Waals surface area contributed by atoms with Gasteiger partial charge >= 0.3 is 0 Å². The third-order valence-electron chi connectivity index (χ3n) is 4.14. The zero-order valence-electron chi connectivity index (χ0n) is 14.9. The molecule has 2 aromatic rings. The minimum absolute atomic E-state index is 0.0688. The van der Waals surface area contributed by atoms with Gasteiger partial charge in [-0.15, -0.1) is 0 Å². The van der Waals surface area contributed by atoms with Gasteiger partial charge < -0.3 is 10.2 Å². The molecule has 2 rings (SSSR count). The molecular weight excluding hydrogens is 312 g/mol. The van der Waals surface area contributed by atoms with Crippen LogP contribution < -0.4 is 5.32 Å². The van der Waals surface area contributed by atoms with E-state index in [2.05, 4.69) is 17.4 Å². The Morgan fingerprint density at radius 2 is 1.60 bits per heavy atom. The van der Waals surface area contributed by atoms with Gasteiger partial charge in [-0.1, -0.05) is 48.5 Å². The summed E-state index contributed by atoms with van der Waals surface area (Å²) in [6.07, 6.45) is 1.15. The zero-order chi connectivity index (χ0) is 18.1. The Kier molecular flexibility index (Phi) is 7.20. The first-order chi connectivity index (χ1) is 12.1. The maximum absolute atomic E-state index is 12.5. The SMILES string of the molecule is CCN(CCc1ccccc1)C(=O)CC(C)NC(=O)c1ccccc1. The summed E-state index contributed by atoms with van der Waals surface area (Å²) >= 11 is 0. The maximum Gasteiger partial charge on any atom is 0.251 e. The van der Waals surface area contributed by atoms with Crippen molar-refractivity contribution in [3.63, 3.8) is 0 Å². The average molecular weight is 338 g/mol. The summed E-state index contributed by atoms with van der Waals surface area (Å²) in [5.41, 5.74) is 1.83. The molecule has 0 spiro atoms. The van der Waals surface area contributed by atoms with E-state index in [0.717, 1.165) is 6.42 Å². The molecule has 1 unspecified atom stereocenters. The number of hydrogen-bond donors (Lipinski definition) is 1. The summed E-state index contributed by atoms with van der Waals surface area (Å²) < 4.78 is 0. The van der Waals surface area contributed by atoms with Crippen LogP contribution in [0, 0.1) is 0 Å². The summed E-state index contributed by atoms with van der Waals surface area (Å²) in [5, 5.41) is 2.89. The lowest BCUT2D eigenvalue weighted by Gasteiger charge is -2.23. The number of rotatable bonds is 8. The highest BCUT2D eigenvalue weighted by Gasteiger charge is 2.17. The topological polar surface area (TPSA) is 49.4 Å². The van der Waals surface area contributed by atoms with Gasteiger partial charge in [-0.2, -0.15) is 0 Å². The van der Waals surface area contributed by atoms with E-state index in [1.54, 1.807) is 12.1 Å². The van der Waals surface area contributed by atoms with E-state index in [9.17, 15) is 9.59 Å². The number of carbonyl (C=O) groups excluding carboxylic acids is 2. The second kappa shape index (κ2) is 9.62. The van der Waals surface area contributed by atoms with Crippen molar-refractivity contribution in [1.82, 2.24) is 10.2 Å². The number of amides is 2. The van der Waals surface area contributed by atoms with Gasteiger partial charge in [-0.3, -0.25) is 9.59 Å². The fourth-order valence-corrected chi connectivity index (χ4v) is 2.71. The molecule has 1 N–H and O–H groups in total. The van der Waals surface area contributed by atoms with Crippen molar-refractivity contribution in [2.24, 2.45) is 0 Å². The molecule has 0 saturated carbocycles. The molecule has 0 radical (unpaired) electrons. The van der Waals surface area contributed by atoms with Gasteiger partial charge in [0, 0.05) is 31.1 Å². The first-order valence-corrected chi connectivity index (χ1v) is 8.77. The van der Waals surface area contributed by atoms with Gasteiger partial charge in [0.15, 0.2) is 0 Å². The molecule has 0 fully saturated rings. The van der Waals surface area contributed by atoms with E-state index in [0.29, 0.717) is 25.1 Å². The Morgan fingerprint density at radius 3 is 2.20 bits per heavy atom. The summed E-state index contributed by atoms with van der Waals surface area (Å²) in [7, 11) is 0. The quantitative estimate of drug-likeness (QED) is 0.803. The number of likely N-dealkylation sites (N-methyl/N-ethyl adjacent to an activating group) is 1. The Bertz CT molecular complexity index is 671. The van der Waals surface area contributed by atoms with Gasteiger partial charge in [0.05, 0.1) is 0 Å². The summed E-state index contributed by atoms with van der Waals surface area (Å²) in [4.78, 5) is 26.5. The van der Waals surface area contributed by atoms with Gasteiger partial charge in [0.2, 0.25) is 5.91 Å². The molecule has 0 aliphatic carbocycles. The van der Waals surface area contributed by atoms with Crippen LogP contribution in [-0.4, -0.2) is 35.8 Å². The van der Waals surface area contributed by atoms with Crippen molar-refractivity contribution in [1.29, 1.82) is 0 Å². The molecule has 0 bridgehead atoms. The molecule has 2 amide bonds. The second-order valence-corrected chi connectivity index (χ2v) is 6.15. The van der Waals surface area contributed by atoms with Crippen molar-refractivity contribution in [3.8, 4) is 0 Å². The van der Waals surface area contributed by atoms with Gasteiger partial charge in [0.25, 0.3) is 5.91 Å². The summed E-state index contributed by atoms with van der Waals surface area (Å²) in [6, 6.07) is 19.0. The molecule has 25 heavy (non-hydrogen) atoms. The molecule has 1 atom stereocenters. The molecule has 0 heterocycles. The smallest absolute Gasteiger partial charge is 0.251 e. The van der Waals surface area contributed by atoms with Crippen molar-refractivity contribution < 1.29 is 9.59 Å². The van der Waals surface area contributed by atoms with Crippen LogP contribution in [0.3, 0.4) is 0 Å². The monoisotopic (exact) mass is 338 g/mol. The lowest BCUT2D eigenvalue weighted by Crippen LogP contribution is -2.40. The molecule has 132 valence electrons. The highest BCUT2D eigenvalue weighted by Crippen LogP contribution is 2.05. The predicted octanol–water partition coefficient (Wildman–Crippen LogP) is 3.29. The molecular formula is C21H26N2O2. The van der Waals surface area contributed by atoms with Crippen LogP contribution in [0.25, 0.3) is 0 Å². The molecule has 0 aromatic heterocycles. The Hall–Kier alpha value is -2.62. The lowest BCUT2D eigenvalue weighted by molar-refractivity contribution is -0.131. The van der Waals surface area contributed by atoms with Crippen LogP contribution >= 0.6 is 0 Å². The Morgan fingerprint density at radius 1 is 1.00 bits per heavy atom. The van der Waals surface area contributed by atoms with Crippen LogP contribution in [0.4, 0.5) is 0 Å². The number of nitrogens with zero attached hydrogens (tertiary/aromatic N) is 1. The molecule has 0 aliphatic heterocycles. The minimum atomic E-state index is -0.203. The fourth-order valence-electron chi connectivity index (χ4n) is 2.71. The van der Waals surface area contributed by atoms with E-state index in [-0.39, 0.29) is 17.9 Å². The Balaban J connectivity index is 1.82. The summed E-state index contributed by atoms with van der Waals surface area (Å²) in [6.45, 7) is 5.21. The number of benzene rings is 2. The lowest BCUT2D eigenvalue weighted by atomic mass is 10.1. The number of nitrogens with one attached hydrogen (secondary N) is 1. The van der Waals surface area contributed by atoms with Crippen LogP contribution in [0.1, 0.15) is 36.2 Å². The second-order valence-electron chi connectivity index (χ2n) is 6.15. The minimum Gasteiger partial charge on any atom is -0.349 e. The van der Waals surface area contributed by atoms with Crippen LogP contribution in [0.2, 0.25) is 0 Å². The first-order valence-electron chi connectivity index (χ1n) is 8.77. The van der Waals surface area contributed by atoms with Crippen LogP contribution in [0.15, 0.2) is 60.7 Å². The highest BCUT2D eigenvalue weighted by molar-refractivity contribution is 5.94. The summed E-state index contributed by atoms with van der Waals surface area (Å²) in [5.74, 6) is -0.0764. The fraction of sp³-hybridized carbons (Fsp3) is 0.333. The molecule has 4 heteroatoms. The van der Waals surface area contributed by atoms with E-state index in [4.69, 9.17) is 0 Å². The largest absolute Gasteiger partial charge is 0.349 e. The molecule has 2 aromatic carbocycles. The van der Waals surface area contributed by atoms with E-state index < -0.39 is 0 Å². The third kappa shape index (κ3) is 6.07. The van der Waals surface area contributed by atoms with Crippen molar-refractivity contribution >= 4 is 11.8 Å². The van der Waals surface area contributed by atoms with Gasteiger partial charge in [0.1, 0.15) is 0 Å². The first kappa shape index (κ1) is 18.7. The highest BCUT2D eigenvalue weighted by atomic mass is 16.2. The molecule has 0 saturated heterocycles. The van der Waals surface area contributed by atoms with Gasteiger partial charge in [-0.25, -0.2) is 0 Å². The van der Waals surface area contributed by atoms with E-state index >= 15 is 0 Å². The van der Waals surface area contributed by atoms with E-state index in [1.807, 2.05) is 55.1 Å². The number of carbonyl (C=O) groups is 2. The van der Waals surface area contributed by atoms with Crippen LogP contribution in [-0.2, 0) is 11.2 Å². The standard InChI is InChI=1S/C21H26N2O2/c1-3-23(15-14-18-10-6-4-7-11-18)20(24)16-17(2)22-21(25)19-12-8-5-9-13-19/h4-13,17H,3,14-16H2,1-2H3,(H,22,25). The molecule has 0 aliphatic rings. The predicted molar refractivity (Wildman–Crippen MR) is 100 cm³/mol. The zero-order valence-corrected chi connectivity index (χ0v) is 14.9.